The Balaban J connectivity index is 2.13. The Bertz CT molecular complexity index is 308. The minimum absolute atomic E-state index is 0.0513. The minimum Gasteiger partial charge on any atom is -0.462 e. The number of hydrogen-bond donors (Lipinski definition) is 0. The van der Waals surface area contributed by atoms with Crippen LogP contribution in [0.1, 0.15) is 12.8 Å². The van der Waals surface area contributed by atoms with Gasteiger partial charge in [0.1, 0.15) is 19.3 Å². The van der Waals surface area contributed by atoms with Crippen LogP contribution < -0.4 is 0 Å². The lowest BCUT2D eigenvalue weighted by Crippen LogP contribution is -2.19. The van der Waals surface area contributed by atoms with Crippen LogP contribution in [-0.2, 0) is 28.6 Å². The molecule has 0 amide bonds. The van der Waals surface area contributed by atoms with Crippen LogP contribution in [0, 0.1) is 0 Å². The number of cyclic esters (lactones) is 1. The highest BCUT2D eigenvalue weighted by Crippen LogP contribution is 2.10. The molecule has 0 aromatic heterocycles. The van der Waals surface area contributed by atoms with E-state index in [1.165, 1.54) is 0 Å². The lowest BCUT2D eigenvalue weighted by atomic mass is 10.3. The summed E-state index contributed by atoms with van der Waals surface area (Å²) in [4.78, 5) is 32.5. The fraction of sp³-hybridized carbons (Fsp3) is 0.500. The van der Waals surface area contributed by atoms with E-state index in [-0.39, 0.29) is 32.0 Å². The van der Waals surface area contributed by atoms with Gasteiger partial charge >= 0.3 is 17.9 Å². The maximum Gasteiger partial charge on any atom is 0.330 e. The van der Waals surface area contributed by atoms with Crippen LogP contribution in [0.15, 0.2) is 12.7 Å². The number of rotatable bonds is 5. The van der Waals surface area contributed by atoms with Gasteiger partial charge in [0.05, 0.1) is 12.8 Å². The van der Waals surface area contributed by atoms with Crippen LogP contribution in [-0.4, -0.2) is 37.2 Å². The molecule has 0 saturated carbocycles. The Hall–Kier alpha value is -1.85. The van der Waals surface area contributed by atoms with E-state index in [0.29, 0.717) is 0 Å². The highest BCUT2D eigenvalue weighted by molar-refractivity contribution is 5.81. The minimum atomic E-state index is -0.591. The lowest BCUT2D eigenvalue weighted by molar-refractivity contribution is -0.151. The van der Waals surface area contributed by atoms with E-state index in [1.807, 2.05) is 0 Å². The molecular weight excluding hydrogens is 216 g/mol. The fourth-order valence-electron chi connectivity index (χ4n) is 1.10. The van der Waals surface area contributed by atoms with Gasteiger partial charge in [-0.1, -0.05) is 6.58 Å². The van der Waals surface area contributed by atoms with Gasteiger partial charge in [-0.2, -0.15) is 0 Å². The average Bonchev–Trinajstić information content (AvgIpc) is 2.63. The van der Waals surface area contributed by atoms with Crippen molar-refractivity contribution < 1.29 is 28.6 Å². The quantitative estimate of drug-likeness (QED) is 0.373. The zero-order valence-corrected chi connectivity index (χ0v) is 8.64. The van der Waals surface area contributed by atoms with Crippen LogP contribution in [0.2, 0.25) is 0 Å². The molecule has 16 heavy (non-hydrogen) atoms. The van der Waals surface area contributed by atoms with Crippen LogP contribution in [0.3, 0.4) is 0 Å². The second kappa shape index (κ2) is 5.89. The molecule has 1 unspecified atom stereocenters. The smallest absolute Gasteiger partial charge is 0.330 e. The van der Waals surface area contributed by atoms with Gasteiger partial charge in [0.2, 0.25) is 0 Å². The monoisotopic (exact) mass is 228 g/mol. The molecule has 0 aromatic carbocycles. The molecule has 88 valence electrons. The van der Waals surface area contributed by atoms with Gasteiger partial charge in [0.15, 0.2) is 0 Å². The average molecular weight is 228 g/mol. The summed E-state index contributed by atoms with van der Waals surface area (Å²) in [6, 6.07) is 0. The number of carbonyl (C=O) groups excluding carboxylic acids is 3. The summed E-state index contributed by atoms with van der Waals surface area (Å²) < 4.78 is 14.1. The van der Waals surface area contributed by atoms with E-state index < -0.39 is 18.0 Å². The van der Waals surface area contributed by atoms with Crippen molar-refractivity contribution in [2.24, 2.45) is 0 Å². The second-order valence-corrected chi connectivity index (χ2v) is 3.12. The summed E-state index contributed by atoms with van der Waals surface area (Å²) in [7, 11) is 0. The van der Waals surface area contributed by atoms with E-state index in [1.54, 1.807) is 0 Å². The Labute approximate surface area is 92.2 Å². The van der Waals surface area contributed by atoms with Crippen molar-refractivity contribution in [3.8, 4) is 0 Å². The summed E-state index contributed by atoms with van der Waals surface area (Å²) in [5, 5.41) is 0. The molecule has 0 bridgehead atoms. The first-order valence-electron chi connectivity index (χ1n) is 4.76. The molecule has 1 aliphatic heterocycles. The Morgan fingerprint density at radius 3 is 2.88 bits per heavy atom. The first-order valence-corrected chi connectivity index (χ1v) is 4.76. The third-order valence-electron chi connectivity index (χ3n) is 1.84. The topological polar surface area (TPSA) is 78.9 Å². The van der Waals surface area contributed by atoms with Crippen molar-refractivity contribution in [3.63, 3.8) is 0 Å². The Morgan fingerprint density at radius 1 is 1.56 bits per heavy atom. The van der Waals surface area contributed by atoms with Crippen LogP contribution in [0.25, 0.3) is 0 Å². The number of hydrogen-bond acceptors (Lipinski definition) is 6. The van der Waals surface area contributed by atoms with Crippen LogP contribution >= 0.6 is 0 Å². The van der Waals surface area contributed by atoms with Crippen molar-refractivity contribution in [3.05, 3.63) is 12.7 Å². The maximum atomic E-state index is 11.2. The largest absolute Gasteiger partial charge is 0.462 e. The predicted molar refractivity (Wildman–Crippen MR) is 51.2 cm³/mol. The third kappa shape index (κ3) is 4.12. The molecule has 0 aliphatic carbocycles. The Morgan fingerprint density at radius 2 is 2.31 bits per heavy atom. The van der Waals surface area contributed by atoms with Crippen molar-refractivity contribution in [1.82, 2.24) is 0 Å². The van der Waals surface area contributed by atoms with E-state index in [4.69, 9.17) is 4.74 Å². The highest BCUT2D eigenvalue weighted by Gasteiger charge is 2.26. The fourth-order valence-corrected chi connectivity index (χ4v) is 1.10. The van der Waals surface area contributed by atoms with E-state index >= 15 is 0 Å². The van der Waals surface area contributed by atoms with Crippen LogP contribution in [0.4, 0.5) is 0 Å². The van der Waals surface area contributed by atoms with E-state index in [9.17, 15) is 14.4 Å². The van der Waals surface area contributed by atoms with Gasteiger partial charge in [-0.15, -0.1) is 0 Å². The molecule has 1 fully saturated rings. The van der Waals surface area contributed by atoms with E-state index in [0.717, 1.165) is 6.08 Å². The predicted octanol–water partition coefficient (Wildman–Crippen LogP) is -0.0356. The normalized spacial score (nSPS) is 18.8. The molecule has 1 aliphatic rings. The van der Waals surface area contributed by atoms with Gasteiger partial charge in [-0.25, -0.2) is 4.79 Å². The van der Waals surface area contributed by atoms with Crippen molar-refractivity contribution in [2.75, 3.05) is 13.2 Å². The van der Waals surface area contributed by atoms with Crippen LogP contribution in [0.5, 0.6) is 0 Å². The summed E-state index contributed by atoms with van der Waals surface area (Å²) >= 11 is 0. The molecule has 0 aromatic rings. The molecule has 1 saturated heterocycles. The molecule has 1 heterocycles. The molecular formula is C10H12O6. The second-order valence-electron chi connectivity index (χ2n) is 3.12. The lowest BCUT2D eigenvalue weighted by Gasteiger charge is -2.08. The number of ether oxygens (including phenoxy) is 3. The number of carbonyl (C=O) groups is 3. The molecule has 6 heteroatoms. The zero-order valence-electron chi connectivity index (χ0n) is 8.64. The molecule has 0 N–H and O–H groups in total. The summed E-state index contributed by atoms with van der Waals surface area (Å²) in [6.07, 6.45) is 0.521. The van der Waals surface area contributed by atoms with Crippen molar-refractivity contribution >= 4 is 17.9 Å². The van der Waals surface area contributed by atoms with Gasteiger partial charge in [-0.05, 0) is 0 Å². The molecule has 1 atom stereocenters. The van der Waals surface area contributed by atoms with E-state index in [2.05, 4.69) is 16.1 Å². The summed E-state index contributed by atoms with van der Waals surface area (Å²) in [5.41, 5.74) is 0. The summed E-state index contributed by atoms with van der Waals surface area (Å²) in [6.45, 7) is 3.24. The third-order valence-corrected chi connectivity index (χ3v) is 1.84. The van der Waals surface area contributed by atoms with Gasteiger partial charge < -0.3 is 14.2 Å². The maximum absolute atomic E-state index is 11.2. The molecule has 0 spiro atoms. The highest BCUT2D eigenvalue weighted by atomic mass is 16.6. The van der Waals surface area contributed by atoms with Crippen molar-refractivity contribution in [2.45, 2.75) is 18.9 Å². The standard InChI is InChI=1S/C10H12O6/c1-2-8(11)14-4-3-9(12)16-7-5-10(13)15-6-7/h2,7H,1,3-6H2. The van der Waals surface area contributed by atoms with Gasteiger partial charge in [-0.3, -0.25) is 9.59 Å². The molecule has 1 rings (SSSR count). The SMILES string of the molecule is C=CC(=O)OCCC(=O)OC1COC(=O)C1. The molecule has 6 nitrogen and oxygen atoms in total. The summed E-state index contributed by atoms with van der Waals surface area (Å²) in [5.74, 6) is -1.50. The zero-order chi connectivity index (χ0) is 12.0. The number of esters is 3. The first kappa shape index (κ1) is 12.2. The van der Waals surface area contributed by atoms with Gasteiger partial charge in [0.25, 0.3) is 0 Å². The molecule has 0 radical (unpaired) electrons. The van der Waals surface area contributed by atoms with Gasteiger partial charge in [0, 0.05) is 6.08 Å². The Kier molecular flexibility index (Phi) is 4.50. The first-order chi connectivity index (χ1) is 7.61. The van der Waals surface area contributed by atoms with Crippen molar-refractivity contribution in [1.29, 1.82) is 0 Å².